The summed E-state index contributed by atoms with van der Waals surface area (Å²) < 4.78 is 6.01. The van der Waals surface area contributed by atoms with Crippen LogP contribution in [0.5, 0.6) is 5.75 Å². The highest BCUT2D eigenvalue weighted by Crippen LogP contribution is 2.26. The van der Waals surface area contributed by atoms with Gasteiger partial charge in [0, 0.05) is 12.1 Å². The van der Waals surface area contributed by atoms with Crippen LogP contribution in [-0.2, 0) is 6.54 Å². The molecule has 18 heavy (non-hydrogen) atoms. The molecule has 1 aromatic rings. The molecule has 2 rings (SSSR count). The summed E-state index contributed by atoms with van der Waals surface area (Å²) in [6, 6.07) is 8.08. The fourth-order valence-corrected chi connectivity index (χ4v) is 2.40. The van der Waals surface area contributed by atoms with Gasteiger partial charge in [-0.05, 0) is 31.9 Å². The van der Waals surface area contributed by atoms with Crippen LogP contribution in [0, 0.1) is 0 Å². The van der Waals surface area contributed by atoms with Crippen LogP contribution < -0.4 is 10.1 Å². The van der Waals surface area contributed by atoms with Crippen molar-refractivity contribution in [2.45, 2.75) is 51.4 Å². The highest BCUT2D eigenvalue weighted by Gasteiger charge is 2.25. The van der Waals surface area contributed by atoms with Gasteiger partial charge in [0.1, 0.15) is 11.9 Å². The first-order valence-electron chi connectivity index (χ1n) is 6.94. The summed E-state index contributed by atoms with van der Waals surface area (Å²) in [5.74, 6) is 0.907. The van der Waals surface area contributed by atoms with Gasteiger partial charge in [-0.1, -0.05) is 31.5 Å². The number of ether oxygens (including phenoxy) is 1. The molecule has 2 atom stereocenters. The number of benzene rings is 1. The zero-order valence-electron chi connectivity index (χ0n) is 11.1. The number of hydrogen-bond donors (Lipinski definition) is 2. The molecule has 0 amide bonds. The Balaban J connectivity index is 2.03. The molecule has 0 bridgehead atoms. The second-order valence-corrected chi connectivity index (χ2v) is 4.90. The maximum Gasteiger partial charge on any atom is 0.124 e. The first kappa shape index (κ1) is 13.4. The van der Waals surface area contributed by atoms with E-state index < -0.39 is 0 Å². The van der Waals surface area contributed by atoms with Crippen molar-refractivity contribution in [1.29, 1.82) is 0 Å². The van der Waals surface area contributed by atoms with E-state index in [2.05, 4.69) is 18.3 Å². The fraction of sp³-hybridized carbons (Fsp3) is 0.600. The van der Waals surface area contributed by atoms with Crippen LogP contribution in [0.2, 0.25) is 0 Å². The van der Waals surface area contributed by atoms with E-state index in [-0.39, 0.29) is 12.2 Å². The molecule has 0 aliphatic heterocycles. The lowest BCUT2D eigenvalue weighted by atomic mass is 9.95. The zero-order chi connectivity index (χ0) is 12.8. The van der Waals surface area contributed by atoms with E-state index in [1.807, 2.05) is 18.2 Å². The normalized spacial score (nSPS) is 23.9. The summed E-state index contributed by atoms with van der Waals surface area (Å²) in [5.41, 5.74) is 1.16. The van der Waals surface area contributed by atoms with Gasteiger partial charge in [-0.15, -0.1) is 0 Å². The van der Waals surface area contributed by atoms with Crippen molar-refractivity contribution >= 4 is 0 Å². The molecule has 3 heteroatoms. The van der Waals surface area contributed by atoms with Crippen LogP contribution in [0.3, 0.4) is 0 Å². The molecule has 1 saturated carbocycles. The minimum Gasteiger partial charge on any atom is -0.487 e. The lowest BCUT2D eigenvalue weighted by Gasteiger charge is -2.29. The molecule has 0 aromatic heterocycles. The van der Waals surface area contributed by atoms with E-state index in [0.717, 1.165) is 50.1 Å². The third-order valence-corrected chi connectivity index (χ3v) is 3.48. The lowest BCUT2D eigenvalue weighted by molar-refractivity contribution is 0.00636. The van der Waals surface area contributed by atoms with Gasteiger partial charge in [-0.3, -0.25) is 0 Å². The minimum atomic E-state index is -0.314. The Morgan fingerprint density at radius 1 is 1.28 bits per heavy atom. The number of rotatable bonds is 5. The van der Waals surface area contributed by atoms with Crippen molar-refractivity contribution in [2.24, 2.45) is 0 Å². The van der Waals surface area contributed by atoms with Gasteiger partial charge in [0.2, 0.25) is 0 Å². The third kappa shape index (κ3) is 3.47. The first-order valence-corrected chi connectivity index (χ1v) is 6.94. The summed E-state index contributed by atoms with van der Waals surface area (Å²) in [6.45, 7) is 3.85. The summed E-state index contributed by atoms with van der Waals surface area (Å²) >= 11 is 0. The van der Waals surface area contributed by atoms with Gasteiger partial charge in [-0.2, -0.15) is 0 Å². The van der Waals surface area contributed by atoms with Gasteiger partial charge >= 0.3 is 0 Å². The standard InChI is InChI=1S/C15H23NO2/c1-2-16-11-12-7-3-5-9-14(12)18-15-10-6-4-8-13(15)17/h3,5,7,9,13,15-17H,2,4,6,8,10-11H2,1H3. The quantitative estimate of drug-likeness (QED) is 0.842. The van der Waals surface area contributed by atoms with Gasteiger partial charge in [-0.25, -0.2) is 0 Å². The van der Waals surface area contributed by atoms with Crippen molar-refractivity contribution in [2.75, 3.05) is 6.54 Å². The molecule has 1 aliphatic carbocycles. The fourth-order valence-electron chi connectivity index (χ4n) is 2.40. The van der Waals surface area contributed by atoms with E-state index in [1.54, 1.807) is 0 Å². The molecule has 1 aromatic carbocycles. The number of nitrogens with one attached hydrogen (secondary N) is 1. The summed E-state index contributed by atoms with van der Waals surface area (Å²) in [5, 5.41) is 13.3. The van der Waals surface area contributed by atoms with E-state index >= 15 is 0 Å². The topological polar surface area (TPSA) is 41.5 Å². The van der Waals surface area contributed by atoms with Crippen molar-refractivity contribution in [3.05, 3.63) is 29.8 Å². The average molecular weight is 249 g/mol. The van der Waals surface area contributed by atoms with Crippen LogP contribution in [-0.4, -0.2) is 23.9 Å². The van der Waals surface area contributed by atoms with Crippen LogP contribution in [0.4, 0.5) is 0 Å². The summed E-state index contributed by atoms with van der Waals surface area (Å²) in [7, 11) is 0. The van der Waals surface area contributed by atoms with Crippen molar-refractivity contribution < 1.29 is 9.84 Å². The van der Waals surface area contributed by atoms with Crippen LogP contribution >= 0.6 is 0 Å². The van der Waals surface area contributed by atoms with E-state index in [9.17, 15) is 5.11 Å². The molecule has 3 nitrogen and oxygen atoms in total. The Morgan fingerprint density at radius 2 is 2.06 bits per heavy atom. The summed E-state index contributed by atoms with van der Waals surface area (Å²) in [6.07, 6.45) is 3.72. The molecular formula is C15H23NO2. The van der Waals surface area contributed by atoms with E-state index in [0.29, 0.717) is 0 Å². The number of hydrogen-bond acceptors (Lipinski definition) is 3. The summed E-state index contributed by atoms with van der Waals surface area (Å²) in [4.78, 5) is 0. The molecule has 0 spiro atoms. The van der Waals surface area contributed by atoms with Crippen LogP contribution in [0.1, 0.15) is 38.2 Å². The maximum absolute atomic E-state index is 9.96. The minimum absolute atomic E-state index is 0.0403. The number of aliphatic hydroxyl groups is 1. The molecule has 2 N–H and O–H groups in total. The SMILES string of the molecule is CCNCc1ccccc1OC1CCCCC1O. The molecule has 0 radical (unpaired) electrons. The highest BCUT2D eigenvalue weighted by atomic mass is 16.5. The Kier molecular flexibility index (Phi) is 5.02. The smallest absolute Gasteiger partial charge is 0.124 e. The first-order chi connectivity index (χ1) is 8.81. The van der Waals surface area contributed by atoms with Crippen LogP contribution in [0.15, 0.2) is 24.3 Å². The van der Waals surface area contributed by atoms with Gasteiger partial charge in [0.15, 0.2) is 0 Å². The maximum atomic E-state index is 9.96. The van der Waals surface area contributed by atoms with Crippen molar-refractivity contribution in [3.63, 3.8) is 0 Å². The molecule has 0 heterocycles. The third-order valence-electron chi connectivity index (χ3n) is 3.48. The van der Waals surface area contributed by atoms with Gasteiger partial charge < -0.3 is 15.2 Å². The van der Waals surface area contributed by atoms with E-state index in [4.69, 9.17) is 4.74 Å². The second kappa shape index (κ2) is 6.76. The number of aliphatic hydroxyl groups excluding tert-OH is 1. The largest absolute Gasteiger partial charge is 0.487 e. The molecule has 1 fully saturated rings. The van der Waals surface area contributed by atoms with Crippen LogP contribution in [0.25, 0.3) is 0 Å². The van der Waals surface area contributed by atoms with Crippen molar-refractivity contribution in [3.8, 4) is 5.75 Å². The van der Waals surface area contributed by atoms with Gasteiger partial charge in [0.25, 0.3) is 0 Å². The average Bonchev–Trinajstić information content (AvgIpc) is 2.40. The second-order valence-electron chi connectivity index (χ2n) is 4.90. The Hall–Kier alpha value is -1.06. The molecule has 100 valence electrons. The predicted octanol–water partition coefficient (Wildman–Crippen LogP) is 2.48. The molecular weight excluding hydrogens is 226 g/mol. The monoisotopic (exact) mass is 249 g/mol. The Labute approximate surface area is 109 Å². The lowest BCUT2D eigenvalue weighted by Crippen LogP contribution is -2.35. The molecule has 2 unspecified atom stereocenters. The molecule has 1 aliphatic rings. The predicted molar refractivity (Wildman–Crippen MR) is 72.7 cm³/mol. The Morgan fingerprint density at radius 3 is 2.83 bits per heavy atom. The van der Waals surface area contributed by atoms with Gasteiger partial charge in [0.05, 0.1) is 6.10 Å². The van der Waals surface area contributed by atoms with Crippen molar-refractivity contribution in [1.82, 2.24) is 5.32 Å². The molecule has 0 saturated heterocycles. The van der Waals surface area contributed by atoms with E-state index in [1.165, 1.54) is 0 Å². The zero-order valence-corrected chi connectivity index (χ0v) is 11.1. The highest BCUT2D eigenvalue weighted by molar-refractivity contribution is 5.33. The number of para-hydroxylation sites is 1. The Bertz CT molecular complexity index is 367.